The molecule has 54 valence electrons. The van der Waals surface area contributed by atoms with Gasteiger partial charge in [-0.05, 0) is 20.4 Å². The van der Waals surface area contributed by atoms with Crippen LogP contribution in [0, 0.1) is 0 Å². The quantitative estimate of drug-likeness (QED) is 0.565. The van der Waals surface area contributed by atoms with Crippen LogP contribution in [0.1, 0.15) is 20.3 Å². The fraction of sp³-hybridized carbons (Fsp3) is 1.00. The van der Waals surface area contributed by atoms with E-state index in [0.717, 1.165) is 6.42 Å². The SMILES string of the molecule is [B]C(C)C([B])CC(C)NC. The van der Waals surface area contributed by atoms with Crippen LogP contribution in [0.25, 0.3) is 0 Å². The fourth-order valence-corrected chi connectivity index (χ4v) is 0.741. The second kappa shape index (κ2) is 4.84. The molecular formula is C7H15B2N. The third kappa shape index (κ3) is 3.99. The third-order valence-electron chi connectivity index (χ3n) is 1.79. The molecule has 10 heavy (non-hydrogen) atoms. The maximum atomic E-state index is 5.73. The zero-order valence-electron chi connectivity index (χ0n) is 7.09. The van der Waals surface area contributed by atoms with Crippen molar-refractivity contribution in [3.63, 3.8) is 0 Å². The van der Waals surface area contributed by atoms with Gasteiger partial charge in [-0.15, -0.1) is 0 Å². The standard InChI is InChI=1S/C7H15B2N/c1-5(10-3)4-7(9)6(2)8/h5-7,10H,4H2,1-3H3. The molecule has 0 spiro atoms. The van der Waals surface area contributed by atoms with Crippen LogP contribution in [0.3, 0.4) is 0 Å². The van der Waals surface area contributed by atoms with Crippen molar-refractivity contribution in [1.29, 1.82) is 0 Å². The van der Waals surface area contributed by atoms with E-state index in [4.69, 9.17) is 15.7 Å². The van der Waals surface area contributed by atoms with Crippen molar-refractivity contribution in [2.75, 3.05) is 7.05 Å². The minimum atomic E-state index is 0.0933. The number of hydrogen-bond donors (Lipinski definition) is 1. The molecule has 0 amide bonds. The van der Waals surface area contributed by atoms with E-state index in [1.54, 1.807) is 0 Å². The molecule has 0 aliphatic rings. The minimum absolute atomic E-state index is 0.0933. The van der Waals surface area contributed by atoms with Crippen LogP contribution < -0.4 is 5.32 Å². The molecule has 4 radical (unpaired) electrons. The third-order valence-corrected chi connectivity index (χ3v) is 1.79. The van der Waals surface area contributed by atoms with Crippen LogP contribution in [0.5, 0.6) is 0 Å². The molecule has 3 heteroatoms. The summed E-state index contributed by atoms with van der Waals surface area (Å²) >= 11 is 0. The van der Waals surface area contributed by atoms with Gasteiger partial charge >= 0.3 is 0 Å². The van der Waals surface area contributed by atoms with Gasteiger partial charge in [-0.3, -0.25) is 0 Å². The highest BCUT2D eigenvalue weighted by atomic mass is 14.8. The maximum Gasteiger partial charge on any atom is 0.0693 e. The predicted molar refractivity (Wildman–Crippen MR) is 47.8 cm³/mol. The van der Waals surface area contributed by atoms with Crippen molar-refractivity contribution in [2.45, 2.75) is 37.9 Å². The normalized spacial score (nSPS) is 19.9. The van der Waals surface area contributed by atoms with E-state index in [0.29, 0.717) is 6.04 Å². The molecule has 1 nitrogen and oxygen atoms in total. The summed E-state index contributed by atoms with van der Waals surface area (Å²) in [5, 5.41) is 3.12. The van der Waals surface area contributed by atoms with Gasteiger partial charge in [0, 0.05) is 6.04 Å². The zero-order chi connectivity index (χ0) is 8.15. The molecular weight excluding hydrogens is 120 g/mol. The van der Waals surface area contributed by atoms with E-state index >= 15 is 0 Å². The second-order valence-electron chi connectivity index (χ2n) is 2.95. The first-order valence-electron chi connectivity index (χ1n) is 3.76. The molecule has 0 saturated heterocycles. The van der Waals surface area contributed by atoms with E-state index in [9.17, 15) is 0 Å². The molecule has 0 fully saturated rings. The Kier molecular flexibility index (Phi) is 4.88. The number of nitrogens with one attached hydrogen (secondary N) is 1. The highest BCUT2D eigenvalue weighted by Gasteiger charge is 2.08. The lowest BCUT2D eigenvalue weighted by molar-refractivity contribution is 0.537. The van der Waals surface area contributed by atoms with E-state index in [1.165, 1.54) is 0 Å². The molecule has 0 heterocycles. The van der Waals surface area contributed by atoms with Crippen LogP contribution in [0.4, 0.5) is 0 Å². The molecule has 3 atom stereocenters. The van der Waals surface area contributed by atoms with Crippen molar-refractivity contribution in [3.05, 3.63) is 0 Å². The van der Waals surface area contributed by atoms with Crippen LogP contribution in [-0.4, -0.2) is 28.8 Å². The summed E-state index contributed by atoms with van der Waals surface area (Å²) in [5.74, 6) is 0.207. The minimum Gasteiger partial charge on any atom is -0.317 e. The van der Waals surface area contributed by atoms with Gasteiger partial charge in [0.05, 0.1) is 15.7 Å². The lowest BCUT2D eigenvalue weighted by Crippen LogP contribution is -2.23. The second-order valence-corrected chi connectivity index (χ2v) is 2.95. The van der Waals surface area contributed by atoms with Crippen LogP contribution >= 0.6 is 0 Å². The Morgan fingerprint density at radius 3 is 2.10 bits per heavy atom. The van der Waals surface area contributed by atoms with Crippen molar-refractivity contribution in [3.8, 4) is 0 Å². The summed E-state index contributed by atoms with van der Waals surface area (Å²) in [6.07, 6.45) is 0.939. The van der Waals surface area contributed by atoms with Crippen LogP contribution in [0.2, 0.25) is 11.6 Å². The van der Waals surface area contributed by atoms with Gasteiger partial charge in [0.1, 0.15) is 0 Å². The molecule has 3 unspecified atom stereocenters. The topological polar surface area (TPSA) is 12.0 Å². The molecule has 0 aromatic rings. The fourth-order valence-electron chi connectivity index (χ4n) is 0.741. The monoisotopic (exact) mass is 135 g/mol. The van der Waals surface area contributed by atoms with Gasteiger partial charge in [0.25, 0.3) is 0 Å². The van der Waals surface area contributed by atoms with Gasteiger partial charge in [0.15, 0.2) is 0 Å². The molecule has 0 bridgehead atoms. The van der Waals surface area contributed by atoms with E-state index < -0.39 is 0 Å². The Balaban J connectivity index is 3.46. The van der Waals surface area contributed by atoms with Crippen molar-refractivity contribution in [2.24, 2.45) is 0 Å². The van der Waals surface area contributed by atoms with Gasteiger partial charge in [0.2, 0.25) is 0 Å². The molecule has 0 saturated carbocycles. The molecule has 0 aromatic heterocycles. The molecule has 0 aliphatic heterocycles. The maximum absolute atomic E-state index is 5.73. The Bertz CT molecular complexity index is 85.7. The Hall–Kier alpha value is 0.0899. The summed E-state index contributed by atoms with van der Waals surface area (Å²) in [5.41, 5.74) is 0. The number of rotatable bonds is 4. The van der Waals surface area contributed by atoms with E-state index in [1.807, 2.05) is 14.0 Å². The summed E-state index contributed by atoms with van der Waals surface area (Å²) in [6, 6.07) is 0.459. The van der Waals surface area contributed by atoms with Crippen LogP contribution in [-0.2, 0) is 0 Å². The van der Waals surface area contributed by atoms with Gasteiger partial charge < -0.3 is 5.32 Å². The molecule has 0 aliphatic carbocycles. The highest BCUT2D eigenvalue weighted by molar-refractivity contribution is 6.21. The van der Waals surface area contributed by atoms with Crippen LogP contribution in [0.15, 0.2) is 0 Å². The predicted octanol–water partition coefficient (Wildman–Crippen LogP) is 0.918. The first-order chi connectivity index (χ1) is 4.57. The lowest BCUT2D eigenvalue weighted by atomic mass is 9.65. The molecule has 0 aromatic carbocycles. The average molecular weight is 135 g/mol. The summed E-state index contributed by atoms with van der Waals surface area (Å²) in [6.45, 7) is 4.04. The average Bonchev–Trinajstić information content (AvgIpc) is 1.87. The zero-order valence-corrected chi connectivity index (χ0v) is 7.09. The van der Waals surface area contributed by atoms with Crippen molar-refractivity contribution < 1.29 is 0 Å². The first-order valence-corrected chi connectivity index (χ1v) is 3.76. The van der Waals surface area contributed by atoms with Gasteiger partial charge in [-0.1, -0.05) is 18.6 Å². The molecule has 0 rings (SSSR count). The first kappa shape index (κ1) is 10.1. The highest BCUT2D eigenvalue weighted by Crippen LogP contribution is 2.21. The summed E-state index contributed by atoms with van der Waals surface area (Å²) < 4.78 is 0. The van der Waals surface area contributed by atoms with Gasteiger partial charge in [-0.2, -0.15) is 0 Å². The van der Waals surface area contributed by atoms with E-state index in [2.05, 4.69) is 12.2 Å². The number of hydrogen-bond acceptors (Lipinski definition) is 1. The van der Waals surface area contributed by atoms with Gasteiger partial charge in [-0.25, -0.2) is 0 Å². The summed E-state index contributed by atoms with van der Waals surface area (Å²) in [4.78, 5) is 0. The lowest BCUT2D eigenvalue weighted by Gasteiger charge is -2.20. The van der Waals surface area contributed by atoms with E-state index in [-0.39, 0.29) is 11.6 Å². The van der Waals surface area contributed by atoms with Crippen molar-refractivity contribution >= 4 is 15.7 Å². The Morgan fingerprint density at radius 1 is 1.30 bits per heavy atom. The molecule has 1 N–H and O–H groups in total. The smallest absolute Gasteiger partial charge is 0.0693 e. The summed E-state index contributed by atoms with van der Waals surface area (Å²) in [7, 11) is 13.2. The van der Waals surface area contributed by atoms with Crippen molar-refractivity contribution in [1.82, 2.24) is 5.32 Å². The Labute approximate surface area is 66.8 Å². The largest absolute Gasteiger partial charge is 0.317 e. The Morgan fingerprint density at radius 2 is 1.80 bits per heavy atom.